The summed E-state index contributed by atoms with van der Waals surface area (Å²) in [6.45, 7) is 4.71. The summed E-state index contributed by atoms with van der Waals surface area (Å²) in [5.41, 5.74) is 0.947. The smallest absolute Gasteiger partial charge is 0.327 e. The second-order valence-corrected chi connectivity index (χ2v) is 9.89. The Hall–Kier alpha value is -3.59. The molecule has 2 aromatic rings. The zero-order valence-corrected chi connectivity index (χ0v) is 21.7. The fourth-order valence-corrected chi connectivity index (χ4v) is 5.87. The molecule has 0 aliphatic carbocycles. The number of carbonyl (C=O) groups is 3. The van der Waals surface area contributed by atoms with Gasteiger partial charge in [0, 0.05) is 31.9 Å². The van der Waals surface area contributed by atoms with Crippen LogP contribution in [0.3, 0.4) is 0 Å². The molecule has 3 heterocycles. The number of nitrogens with zero attached hydrogens (tertiary/aromatic N) is 2. The highest BCUT2D eigenvalue weighted by molar-refractivity contribution is 6.24. The third kappa shape index (κ3) is 4.01. The van der Waals surface area contributed by atoms with E-state index in [0.29, 0.717) is 43.2 Å². The zero-order valence-electron chi connectivity index (χ0n) is 21.7. The second kappa shape index (κ2) is 9.70. The van der Waals surface area contributed by atoms with Crippen LogP contribution < -0.4 is 24.6 Å². The van der Waals surface area contributed by atoms with Crippen LogP contribution >= 0.6 is 0 Å². The van der Waals surface area contributed by atoms with Gasteiger partial charge in [-0.15, -0.1) is 0 Å². The van der Waals surface area contributed by atoms with Crippen LogP contribution in [0.1, 0.15) is 38.3 Å². The Morgan fingerprint density at radius 3 is 2.41 bits per heavy atom. The van der Waals surface area contributed by atoms with Gasteiger partial charge in [-0.1, -0.05) is 25.5 Å². The predicted molar refractivity (Wildman–Crippen MR) is 138 cm³/mol. The Morgan fingerprint density at radius 1 is 1.05 bits per heavy atom. The van der Waals surface area contributed by atoms with Gasteiger partial charge in [0.25, 0.3) is 0 Å². The highest BCUT2D eigenvalue weighted by Gasteiger charge is 2.68. The molecule has 2 saturated heterocycles. The number of carbonyl (C=O) groups excluding carboxylic acids is 3. The first-order chi connectivity index (χ1) is 17.8. The Balaban J connectivity index is 1.60. The number of fused-ring (bicyclic) bond motifs is 2. The van der Waals surface area contributed by atoms with Gasteiger partial charge in [0.2, 0.25) is 11.8 Å². The van der Waals surface area contributed by atoms with Gasteiger partial charge < -0.3 is 19.1 Å². The van der Waals surface area contributed by atoms with Crippen molar-refractivity contribution >= 4 is 29.2 Å². The van der Waals surface area contributed by atoms with Crippen LogP contribution in [0.2, 0.25) is 0 Å². The number of esters is 1. The predicted octanol–water partition coefficient (Wildman–Crippen LogP) is 3.08. The van der Waals surface area contributed by atoms with E-state index in [0.717, 1.165) is 11.3 Å². The minimum atomic E-state index is -1.31. The molecule has 37 heavy (non-hydrogen) atoms. The lowest BCUT2D eigenvalue weighted by atomic mass is 9.77. The number of rotatable bonds is 7. The highest BCUT2D eigenvalue weighted by Crippen LogP contribution is 2.52. The van der Waals surface area contributed by atoms with Crippen LogP contribution in [0.4, 0.5) is 11.4 Å². The highest BCUT2D eigenvalue weighted by atomic mass is 16.6. The monoisotopic (exact) mass is 507 g/mol. The maximum Gasteiger partial charge on any atom is 0.327 e. The number of nitrogens with one attached hydrogen (secondary N) is 1. The second-order valence-electron chi connectivity index (χ2n) is 9.89. The number of anilines is 2. The van der Waals surface area contributed by atoms with E-state index in [4.69, 9.17) is 14.2 Å². The van der Waals surface area contributed by atoms with E-state index < -0.39 is 35.3 Å². The van der Waals surface area contributed by atoms with Crippen molar-refractivity contribution < 1.29 is 28.6 Å². The van der Waals surface area contributed by atoms with Gasteiger partial charge in [0.1, 0.15) is 18.8 Å². The molecule has 0 bridgehead atoms. The van der Waals surface area contributed by atoms with Crippen molar-refractivity contribution in [2.45, 2.75) is 38.3 Å². The van der Waals surface area contributed by atoms with Crippen molar-refractivity contribution in [3.63, 3.8) is 0 Å². The van der Waals surface area contributed by atoms with Gasteiger partial charge in [-0.25, -0.2) is 4.90 Å². The van der Waals surface area contributed by atoms with Crippen molar-refractivity contribution in [3.8, 4) is 11.5 Å². The first kappa shape index (κ1) is 25.1. The molecule has 3 aliphatic heterocycles. The quantitative estimate of drug-likeness (QED) is 0.451. The zero-order chi connectivity index (χ0) is 26.3. The lowest BCUT2D eigenvalue weighted by Crippen LogP contribution is -2.56. The Kier molecular flexibility index (Phi) is 6.58. The Bertz CT molecular complexity index is 1210. The van der Waals surface area contributed by atoms with Crippen molar-refractivity contribution in [3.05, 3.63) is 48.0 Å². The molecule has 5 rings (SSSR count). The maximum absolute atomic E-state index is 14.1. The number of ether oxygens (including phenoxy) is 3. The van der Waals surface area contributed by atoms with Crippen LogP contribution in [0.15, 0.2) is 42.5 Å². The summed E-state index contributed by atoms with van der Waals surface area (Å²) in [5.74, 6) is -1.85. The molecule has 1 N–H and O–H groups in total. The lowest BCUT2D eigenvalue weighted by molar-refractivity contribution is -0.155. The summed E-state index contributed by atoms with van der Waals surface area (Å²) in [7, 11) is 3.91. The molecule has 9 nitrogen and oxygen atoms in total. The van der Waals surface area contributed by atoms with Crippen molar-refractivity contribution in [1.82, 2.24) is 5.32 Å². The topological polar surface area (TPSA) is 97.4 Å². The molecule has 0 spiro atoms. The van der Waals surface area contributed by atoms with Gasteiger partial charge in [-0.2, -0.15) is 0 Å². The van der Waals surface area contributed by atoms with Gasteiger partial charge in [-0.3, -0.25) is 19.7 Å². The number of benzene rings is 2. The molecular weight excluding hydrogens is 474 g/mol. The molecule has 196 valence electrons. The molecule has 2 fully saturated rings. The van der Waals surface area contributed by atoms with E-state index in [9.17, 15) is 14.4 Å². The van der Waals surface area contributed by atoms with E-state index in [1.54, 1.807) is 25.1 Å². The summed E-state index contributed by atoms with van der Waals surface area (Å²) < 4.78 is 16.8. The van der Waals surface area contributed by atoms with Gasteiger partial charge in [-0.05, 0) is 43.2 Å². The van der Waals surface area contributed by atoms with Gasteiger partial charge in [0.05, 0.1) is 24.1 Å². The fraction of sp³-hybridized carbons (Fsp3) is 0.464. The molecule has 0 aromatic heterocycles. The summed E-state index contributed by atoms with van der Waals surface area (Å²) in [6, 6.07) is 12.3. The Morgan fingerprint density at radius 2 is 1.76 bits per heavy atom. The van der Waals surface area contributed by atoms with Crippen LogP contribution in [0.25, 0.3) is 0 Å². The first-order valence-corrected chi connectivity index (χ1v) is 12.8. The van der Waals surface area contributed by atoms with E-state index in [1.807, 2.05) is 50.2 Å². The fourth-order valence-electron chi connectivity index (χ4n) is 5.87. The largest absolute Gasteiger partial charge is 0.486 e. The number of imide groups is 1. The average Bonchev–Trinajstić information content (AvgIpc) is 3.38. The molecular formula is C28H33N3O6. The van der Waals surface area contributed by atoms with Crippen molar-refractivity contribution in [2.24, 2.45) is 11.8 Å². The molecule has 0 radical (unpaired) electrons. The number of hydrogen-bond acceptors (Lipinski definition) is 8. The molecule has 2 amide bonds. The van der Waals surface area contributed by atoms with Gasteiger partial charge >= 0.3 is 5.97 Å². The minimum absolute atomic E-state index is 0.180. The van der Waals surface area contributed by atoms with Crippen LogP contribution in [0.5, 0.6) is 11.5 Å². The standard InChI is InChI=1S/C28H33N3O6/c1-5-13-28(27(34)35-6-2)23-22(24(29-28)17-7-9-18(10-8-17)30(3)4)25(32)31(26(23)33)19-11-12-20-21(16-19)37-15-14-36-20/h7-12,16,22-24,29H,5-6,13-15H2,1-4H3/t22-,23-,24-,28+/m0/s1. The van der Waals surface area contributed by atoms with E-state index in [1.165, 1.54) is 4.90 Å². The molecule has 9 heteroatoms. The molecule has 4 atom stereocenters. The van der Waals surface area contributed by atoms with Crippen molar-refractivity contribution in [1.29, 1.82) is 0 Å². The normalized spacial score (nSPS) is 26.3. The summed E-state index contributed by atoms with van der Waals surface area (Å²) in [5, 5.41) is 3.44. The third-order valence-electron chi connectivity index (χ3n) is 7.49. The molecule has 2 aromatic carbocycles. The summed E-state index contributed by atoms with van der Waals surface area (Å²) in [6.07, 6.45) is 1.00. The first-order valence-electron chi connectivity index (χ1n) is 12.8. The average molecular weight is 508 g/mol. The van der Waals surface area contributed by atoms with E-state index in [2.05, 4.69) is 5.32 Å². The number of hydrogen-bond donors (Lipinski definition) is 1. The third-order valence-corrected chi connectivity index (χ3v) is 7.49. The lowest BCUT2D eigenvalue weighted by Gasteiger charge is -2.32. The Labute approximate surface area is 216 Å². The summed E-state index contributed by atoms with van der Waals surface area (Å²) in [4.78, 5) is 44.8. The molecule has 3 aliphatic rings. The minimum Gasteiger partial charge on any atom is -0.486 e. The van der Waals surface area contributed by atoms with Crippen LogP contribution in [0, 0.1) is 11.8 Å². The summed E-state index contributed by atoms with van der Waals surface area (Å²) >= 11 is 0. The van der Waals surface area contributed by atoms with Crippen LogP contribution in [-0.2, 0) is 19.1 Å². The van der Waals surface area contributed by atoms with Crippen LogP contribution in [-0.4, -0.2) is 57.2 Å². The maximum atomic E-state index is 14.1. The van der Waals surface area contributed by atoms with E-state index >= 15 is 0 Å². The van der Waals surface area contributed by atoms with E-state index in [-0.39, 0.29) is 12.5 Å². The van der Waals surface area contributed by atoms with Gasteiger partial charge in [0.15, 0.2) is 11.5 Å². The van der Waals surface area contributed by atoms with Crippen molar-refractivity contribution in [2.75, 3.05) is 43.7 Å². The SMILES string of the molecule is CCC[C@@]1(C(=O)OCC)N[C@@H](c2ccc(N(C)C)cc2)[C@H]2C(=O)N(c3ccc4c(c3)OCCO4)C(=O)[C@H]21. The molecule has 0 saturated carbocycles. The number of amides is 2. The molecule has 0 unspecified atom stereocenters.